The second kappa shape index (κ2) is 11.5. The Morgan fingerprint density at radius 2 is 1.49 bits per heavy atom. The number of carboxylic acids is 1. The van der Waals surface area contributed by atoms with Crippen LogP contribution in [0.25, 0.3) is 11.1 Å². The van der Waals surface area contributed by atoms with Gasteiger partial charge in [-0.1, -0.05) is 84.9 Å². The number of aliphatic carboxylic acids is 1. The molecular weight excluding hydrogens is 440 g/mol. The van der Waals surface area contributed by atoms with Crippen LogP contribution in [0.15, 0.2) is 84.9 Å². The van der Waals surface area contributed by atoms with E-state index in [0.29, 0.717) is 25.9 Å². The molecule has 0 radical (unpaired) electrons. The average molecular weight is 471 g/mol. The maximum Gasteiger partial charge on any atom is 0.326 e. The number of likely N-dealkylation sites (tertiary alicyclic amines) is 1. The largest absolute Gasteiger partial charge is 0.480 e. The first-order valence-electron chi connectivity index (χ1n) is 12.0. The van der Waals surface area contributed by atoms with E-state index in [4.69, 9.17) is 0 Å². The highest BCUT2D eigenvalue weighted by Gasteiger charge is 2.31. The minimum atomic E-state index is -1.07. The van der Waals surface area contributed by atoms with Crippen LogP contribution in [0, 0.1) is 5.92 Å². The summed E-state index contributed by atoms with van der Waals surface area (Å²) < 4.78 is 0. The third kappa shape index (κ3) is 6.57. The maximum atomic E-state index is 13.0. The molecule has 4 rings (SSSR count). The molecule has 1 unspecified atom stereocenters. The van der Waals surface area contributed by atoms with Gasteiger partial charge in [0.2, 0.25) is 11.8 Å². The SMILES string of the molecule is O=C(N[C@@H](Cc1ccc(-c2ccccc2)cc1)C(=O)O)C1CCCN(C(=O)Cc2ccccc2)C1. The number of hydrogen-bond acceptors (Lipinski definition) is 3. The van der Waals surface area contributed by atoms with Crippen molar-refractivity contribution in [3.05, 3.63) is 96.1 Å². The fourth-order valence-electron chi connectivity index (χ4n) is 4.49. The van der Waals surface area contributed by atoms with Gasteiger partial charge in [0.15, 0.2) is 0 Å². The standard InChI is InChI=1S/C29H30N2O4/c32-27(19-21-8-3-1-4-9-21)31-17-7-12-25(20-31)28(33)30-26(29(34)35)18-22-13-15-24(16-14-22)23-10-5-2-6-11-23/h1-6,8-11,13-16,25-26H,7,12,17-20H2,(H,30,33)(H,34,35)/t25?,26-/m0/s1. The van der Waals surface area contributed by atoms with Crippen LogP contribution in [0.3, 0.4) is 0 Å². The molecular formula is C29H30N2O4. The molecule has 0 aliphatic carbocycles. The van der Waals surface area contributed by atoms with Crippen LogP contribution in [0.1, 0.15) is 24.0 Å². The molecule has 2 atom stereocenters. The number of rotatable bonds is 8. The molecule has 3 aromatic carbocycles. The molecule has 1 saturated heterocycles. The Kier molecular flexibility index (Phi) is 7.93. The molecule has 1 aliphatic rings. The Morgan fingerprint density at radius 3 is 2.14 bits per heavy atom. The summed E-state index contributed by atoms with van der Waals surface area (Å²) >= 11 is 0. The number of benzene rings is 3. The van der Waals surface area contributed by atoms with Crippen LogP contribution >= 0.6 is 0 Å². The van der Waals surface area contributed by atoms with Gasteiger partial charge in [0.05, 0.1) is 12.3 Å². The minimum absolute atomic E-state index is 0.0120. The quantitative estimate of drug-likeness (QED) is 0.522. The number of nitrogens with one attached hydrogen (secondary N) is 1. The van der Waals surface area contributed by atoms with Crippen molar-refractivity contribution in [3.8, 4) is 11.1 Å². The highest BCUT2D eigenvalue weighted by Crippen LogP contribution is 2.21. The van der Waals surface area contributed by atoms with Crippen molar-refractivity contribution in [3.63, 3.8) is 0 Å². The number of carboxylic acid groups (broad SMARTS) is 1. The van der Waals surface area contributed by atoms with Crippen molar-refractivity contribution >= 4 is 17.8 Å². The van der Waals surface area contributed by atoms with Gasteiger partial charge in [0, 0.05) is 19.5 Å². The van der Waals surface area contributed by atoms with Crippen LogP contribution in [-0.2, 0) is 27.2 Å². The molecule has 6 heteroatoms. The number of carbonyl (C=O) groups is 3. The summed E-state index contributed by atoms with van der Waals surface area (Å²) in [6.07, 6.45) is 1.85. The molecule has 0 saturated carbocycles. The lowest BCUT2D eigenvalue weighted by Gasteiger charge is -2.32. The van der Waals surface area contributed by atoms with E-state index in [1.54, 1.807) is 4.90 Å². The van der Waals surface area contributed by atoms with E-state index in [9.17, 15) is 19.5 Å². The summed E-state index contributed by atoms with van der Waals surface area (Å²) in [5.41, 5.74) is 3.91. The third-order valence-corrected chi connectivity index (χ3v) is 6.46. The van der Waals surface area contributed by atoms with Crippen molar-refractivity contribution in [2.75, 3.05) is 13.1 Å². The normalized spacial score (nSPS) is 16.3. The molecule has 2 N–H and O–H groups in total. The summed E-state index contributed by atoms with van der Waals surface area (Å²) in [5.74, 6) is -1.80. The molecule has 35 heavy (non-hydrogen) atoms. The summed E-state index contributed by atoms with van der Waals surface area (Å²) in [6, 6.07) is 26.2. The number of nitrogens with zero attached hydrogens (tertiary/aromatic N) is 1. The van der Waals surface area contributed by atoms with E-state index in [2.05, 4.69) is 5.32 Å². The van der Waals surface area contributed by atoms with Crippen LogP contribution in [0.2, 0.25) is 0 Å². The van der Waals surface area contributed by atoms with Crippen molar-refractivity contribution in [2.45, 2.75) is 31.7 Å². The molecule has 0 spiro atoms. The lowest BCUT2D eigenvalue weighted by atomic mass is 9.95. The number of piperidine rings is 1. The Labute approximate surface area is 205 Å². The van der Waals surface area contributed by atoms with Gasteiger partial charge in [0.25, 0.3) is 0 Å². The Morgan fingerprint density at radius 1 is 0.857 bits per heavy atom. The maximum absolute atomic E-state index is 13.0. The van der Waals surface area contributed by atoms with Gasteiger partial charge < -0.3 is 15.3 Å². The fraction of sp³-hybridized carbons (Fsp3) is 0.276. The first-order valence-corrected chi connectivity index (χ1v) is 12.0. The van der Waals surface area contributed by atoms with Crippen LogP contribution in [0.4, 0.5) is 0 Å². The Balaban J connectivity index is 1.35. The van der Waals surface area contributed by atoms with Gasteiger partial charge in [-0.15, -0.1) is 0 Å². The predicted molar refractivity (Wildman–Crippen MR) is 135 cm³/mol. The predicted octanol–water partition coefficient (Wildman–Crippen LogP) is 3.95. The summed E-state index contributed by atoms with van der Waals surface area (Å²) in [4.78, 5) is 39.3. The zero-order valence-corrected chi connectivity index (χ0v) is 19.6. The highest BCUT2D eigenvalue weighted by atomic mass is 16.4. The molecule has 0 aromatic heterocycles. The molecule has 3 aromatic rings. The smallest absolute Gasteiger partial charge is 0.326 e. The molecule has 0 bridgehead atoms. The van der Waals surface area contributed by atoms with E-state index in [0.717, 1.165) is 28.7 Å². The van der Waals surface area contributed by atoms with Gasteiger partial charge in [-0.2, -0.15) is 0 Å². The molecule has 6 nitrogen and oxygen atoms in total. The third-order valence-electron chi connectivity index (χ3n) is 6.46. The van der Waals surface area contributed by atoms with Gasteiger partial charge in [0.1, 0.15) is 6.04 Å². The highest BCUT2D eigenvalue weighted by molar-refractivity contribution is 5.86. The monoisotopic (exact) mass is 470 g/mol. The summed E-state index contributed by atoms with van der Waals surface area (Å²) in [6.45, 7) is 0.932. The minimum Gasteiger partial charge on any atom is -0.480 e. The lowest BCUT2D eigenvalue weighted by molar-refractivity contribution is -0.143. The van der Waals surface area contributed by atoms with Crippen LogP contribution < -0.4 is 5.32 Å². The van der Waals surface area contributed by atoms with Crippen molar-refractivity contribution in [1.82, 2.24) is 10.2 Å². The molecule has 2 amide bonds. The topological polar surface area (TPSA) is 86.7 Å². The van der Waals surface area contributed by atoms with Crippen molar-refractivity contribution < 1.29 is 19.5 Å². The zero-order chi connectivity index (χ0) is 24.6. The van der Waals surface area contributed by atoms with E-state index in [1.807, 2.05) is 84.9 Å². The second-order valence-corrected chi connectivity index (χ2v) is 9.01. The van der Waals surface area contributed by atoms with E-state index in [-0.39, 0.29) is 18.2 Å². The Hall–Kier alpha value is -3.93. The number of carbonyl (C=O) groups excluding carboxylic acids is 2. The molecule has 1 heterocycles. The summed E-state index contributed by atoms with van der Waals surface area (Å²) in [5, 5.41) is 12.5. The van der Waals surface area contributed by atoms with Gasteiger partial charge in [-0.05, 0) is 35.1 Å². The summed E-state index contributed by atoms with van der Waals surface area (Å²) in [7, 11) is 0. The first kappa shape index (κ1) is 24.2. The number of amides is 2. The van der Waals surface area contributed by atoms with E-state index >= 15 is 0 Å². The average Bonchev–Trinajstić information content (AvgIpc) is 2.90. The lowest BCUT2D eigenvalue weighted by Crippen LogP contribution is -2.50. The molecule has 180 valence electrons. The van der Waals surface area contributed by atoms with E-state index < -0.39 is 17.9 Å². The van der Waals surface area contributed by atoms with Crippen molar-refractivity contribution in [1.29, 1.82) is 0 Å². The Bertz CT molecular complexity index is 1150. The van der Waals surface area contributed by atoms with Gasteiger partial charge >= 0.3 is 5.97 Å². The fourth-order valence-corrected chi connectivity index (χ4v) is 4.49. The zero-order valence-electron chi connectivity index (χ0n) is 19.6. The second-order valence-electron chi connectivity index (χ2n) is 9.01. The first-order chi connectivity index (χ1) is 17.0. The van der Waals surface area contributed by atoms with Gasteiger partial charge in [-0.3, -0.25) is 9.59 Å². The van der Waals surface area contributed by atoms with Crippen molar-refractivity contribution in [2.24, 2.45) is 5.92 Å². The molecule has 1 aliphatic heterocycles. The number of hydrogen-bond donors (Lipinski definition) is 2. The van der Waals surface area contributed by atoms with Crippen LogP contribution in [-0.4, -0.2) is 46.9 Å². The van der Waals surface area contributed by atoms with E-state index in [1.165, 1.54) is 0 Å². The van der Waals surface area contributed by atoms with Crippen LogP contribution in [0.5, 0.6) is 0 Å². The molecule has 1 fully saturated rings. The van der Waals surface area contributed by atoms with Gasteiger partial charge in [-0.25, -0.2) is 4.79 Å².